The molecule has 0 N–H and O–H groups in total. The van der Waals surface area contributed by atoms with Crippen LogP contribution in [-0.4, -0.2) is 59.8 Å². The molecule has 1 atom stereocenters. The van der Waals surface area contributed by atoms with Crippen LogP contribution in [0, 0.1) is 0 Å². The van der Waals surface area contributed by atoms with Crippen molar-refractivity contribution in [2.75, 3.05) is 20.1 Å². The highest BCUT2D eigenvalue weighted by Gasteiger charge is 2.43. The molecular weight excluding hydrogens is 289 g/mol. The predicted octanol–water partition coefficient (Wildman–Crippen LogP) is 2.41. The van der Waals surface area contributed by atoms with Gasteiger partial charge in [-0.15, -0.1) is 0 Å². The second-order valence-electron chi connectivity index (χ2n) is 6.15. The standard InChI is InChI=1S/C13H21F3N2O3/c1-12(2,3)21-11(20)18-7-5-6-9(18)8-17(4)10(19)13(14,15)16/h9H,5-8H2,1-4H3/t9-/m0/s1. The van der Waals surface area contributed by atoms with Gasteiger partial charge in [-0.3, -0.25) is 4.79 Å². The quantitative estimate of drug-likeness (QED) is 0.787. The maximum Gasteiger partial charge on any atom is 0.471 e. The predicted molar refractivity (Wildman–Crippen MR) is 69.7 cm³/mol. The molecule has 122 valence electrons. The van der Waals surface area contributed by atoms with E-state index in [0.29, 0.717) is 24.3 Å². The summed E-state index contributed by atoms with van der Waals surface area (Å²) in [4.78, 5) is 25.1. The molecule has 2 amide bonds. The molecule has 1 aliphatic rings. The number of halogens is 3. The van der Waals surface area contributed by atoms with Crippen LogP contribution >= 0.6 is 0 Å². The van der Waals surface area contributed by atoms with Crippen LogP contribution in [0.3, 0.4) is 0 Å². The Labute approximate surface area is 122 Å². The summed E-state index contributed by atoms with van der Waals surface area (Å²) in [5, 5.41) is 0. The van der Waals surface area contributed by atoms with Gasteiger partial charge < -0.3 is 14.5 Å². The van der Waals surface area contributed by atoms with E-state index in [1.54, 1.807) is 20.8 Å². The van der Waals surface area contributed by atoms with Crippen LogP contribution in [0.1, 0.15) is 33.6 Å². The Balaban J connectivity index is 2.66. The van der Waals surface area contributed by atoms with E-state index in [1.807, 2.05) is 0 Å². The van der Waals surface area contributed by atoms with Gasteiger partial charge in [0.2, 0.25) is 0 Å². The highest BCUT2D eigenvalue weighted by Crippen LogP contribution is 2.23. The molecule has 21 heavy (non-hydrogen) atoms. The number of ether oxygens (including phenoxy) is 1. The van der Waals surface area contributed by atoms with E-state index in [1.165, 1.54) is 4.90 Å². The highest BCUT2D eigenvalue weighted by atomic mass is 19.4. The van der Waals surface area contributed by atoms with Crippen LogP contribution in [-0.2, 0) is 9.53 Å². The highest BCUT2D eigenvalue weighted by molar-refractivity contribution is 5.81. The molecule has 0 aliphatic carbocycles. The number of alkyl halides is 3. The number of nitrogens with zero attached hydrogens (tertiary/aromatic N) is 2. The van der Waals surface area contributed by atoms with E-state index in [-0.39, 0.29) is 6.54 Å². The molecule has 1 heterocycles. The molecule has 0 aromatic heterocycles. The number of amides is 2. The van der Waals surface area contributed by atoms with Crippen molar-refractivity contribution in [3.8, 4) is 0 Å². The van der Waals surface area contributed by atoms with Crippen molar-refractivity contribution in [3.05, 3.63) is 0 Å². The zero-order valence-corrected chi connectivity index (χ0v) is 12.7. The first kappa shape index (κ1) is 17.6. The van der Waals surface area contributed by atoms with Gasteiger partial charge in [-0.2, -0.15) is 13.2 Å². The maximum absolute atomic E-state index is 12.4. The molecule has 0 spiro atoms. The van der Waals surface area contributed by atoms with Crippen molar-refractivity contribution in [1.82, 2.24) is 9.80 Å². The number of hydrogen-bond donors (Lipinski definition) is 0. The fourth-order valence-electron chi connectivity index (χ4n) is 2.20. The number of carbonyl (C=O) groups is 2. The van der Waals surface area contributed by atoms with E-state index < -0.39 is 29.8 Å². The first-order valence-electron chi connectivity index (χ1n) is 6.74. The van der Waals surface area contributed by atoms with Gasteiger partial charge in [0.25, 0.3) is 0 Å². The second-order valence-corrected chi connectivity index (χ2v) is 6.15. The van der Waals surface area contributed by atoms with Gasteiger partial charge in [-0.25, -0.2) is 4.79 Å². The van der Waals surface area contributed by atoms with E-state index in [4.69, 9.17) is 4.74 Å². The minimum atomic E-state index is -4.90. The van der Waals surface area contributed by atoms with Crippen LogP contribution in [0.25, 0.3) is 0 Å². The van der Waals surface area contributed by atoms with Gasteiger partial charge in [0, 0.05) is 20.1 Å². The topological polar surface area (TPSA) is 49.9 Å². The van der Waals surface area contributed by atoms with Crippen molar-refractivity contribution in [3.63, 3.8) is 0 Å². The Kier molecular flexibility index (Phi) is 5.11. The van der Waals surface area contributed by atoms with Crippen LogP contribution < -0.4 is 0 Å². The largest absolute Gasteiger partial charge is 0.471 e. The van der Waals surface area contributed by atoms with Crippen LogP contribution in [0.15, 0.2) is 0 Å². The Morgan fingerprint density at radius 1 is 1.29 bits per heavy atom. The number of likely N-dealkylation sites (tertiary alicyclic amines) is 1. The van der Waals surface area contributed by atoms with Crippen LogP contribution in [0.2, 0.25) is 0 Å². The number of carbonyl (C=O) groups excluding carboxylic acids is 2. The fourth-order valence-corrected chi connectivity index (χ4v) is 2.20. The molecule has 0 unspecified atom stereocenters. The Hall–Kier alpha value is -1.47. The SMILES string of the molecule is CN(C[C@@H]1CCCN1C(=O)OC(C)(C)C)C(=O)C(F)(F)F. The lowest BCUT2D eigenvalue weighted by atomic mass is 10.2. The van der Waals surface area contributed by atoms with E-state index >= 15 is 0 Å². The van der Waals surface area contributed by atoms with Gasteiger partial charge in [0.05, 0.1) is 6.04 Å². The third kappa shape index (κ3) is 5.09. The van der Waals surface area contributed by atoms with Gasteiger partial charge >= 0.3 is 18.2 Å². The van der Waals surface area contributed by atoms with Crippen molar-refractivity contribution in [2.24, 2.45) is 0 Å². The Morgan fingerprint density at radius 2 is 1.86 bits per heavy atom. The molecule has 1 saturated heterocycles. The molecule has 8 heteroatoms. The Morgan fingerprint density at radius 3 is 2.33 bits per heavy atom. The van der Waals surface area contributed by atoms with Gasteiger partial charge in [-0.1, -0.05) is 0 Å². The molecule has 0 radical (unpaired) electrons. The molecule has 5 nitrogen and oxygen atoms in total. The molecule has 1 fully saturated rings. The smallest absolute Gasteiger partial charge is 0.444 e. The van der Waals surface area contributed by atoms with E-state index in [2.05, 4.69) is 0 Å². The molecule has 0 aromatic carbocycles. The summed E-state index contributed by atoms with van der Waals surface area (Å²) < 4.78 is 42.3. The van der Waals surface area contributed by atoms with Gasteiger partial charge in [0.1, 0.15) is 5.60 Å². The van der Waals surface area contributed by atoms with Gasteiger partial charge in [0.15, 0.2) is 0 Å². The average molecular weight is 310 g/mol. The zero-order chi connectivity index (χ0) is 16.4. The first-order chi connectivity index (χ1) is 9.42. The average Bonchev–Trinajstić information content (AvgIpc) is 2.72. The van der Waals surface area contributed by atoms with Crippen molar-refractivity contribution >= 4 is 12.0 Å². The summed E-state index contributed by atoms with van der Waals surface area (Å²) >= 11 is 0. The van der Waals surface area contributed by atoms with E-state index in [9.17, 15) is 22.8 Å². The second kappa shape index (κ2) is 6.11. The number of rotatable bonds is 2. The maximum atomic E-state index is 12.4. The van der Waals surface area contributed by atoms with Crippen molar-refractivity contribution < 1.29 is 27.5 Å². The lowest BCUT2D eigenvalue weighted by Crippen LogP contribution is -2.48. The summed E-state index contributed by atoms with van der Waals surface area (Å²) in [6, 6.07) is -0.448. The molecule has 0 bridgehead atoms. The van der Waals surface area contributed by atoms with E-state index in [0.717, 1.165) is 7.05 Å². The minimum Gasteiger partial charge on any atom is -0.444 e. The molecule has 1 rings (SSSR count). The lowest BCUT2D eigenvalue weighted by Gasteiger charge is -2.31. The fraction of sp³-hybridized carbons (Fsp3) is 0.846. The monoisotopic (exact) mass is 310 g/mol. The molecular formula is C13H21F3N2O3. The normalized spacial score (nSPS) is 19.6. The summed E-state index contributed by atoms with van der Waals surface area (Å²) in [6.07, 6.45) is -4.23. The molecule has 0 aromatic rings. The first-order valence-corrected chi connectivity index (χ1v) is 6.74. The summed E-state index contributed by atoms with van der Waals surface area (Å²) in [7, 11) is 1.08. The summed E-state index contributed by atoms with van der Waals surface area (Å²) in [5.41, 5.74) is -0.669. The lowest BCUT2D eigenvalue weighted by molar-refractivity contribution is -0.184. The number of likely N-dealkylation sites (N-methyl/N-ethyl adjacent to an activating group) is 1. The molecule has 0 saturated carbocycles. The summed E-state index contributed by atoms with van der Waals surface area (Å²) in [6.45, 7) is 5.42. The summed E-state index contributed by atoms with van der Waals surface area (Å²) in [5.74, 6) is -1.90. The Bertz CT molecular complexity index is 404. The van der Waals surface area contributed by atoms with Crippen molar-refractivity contribution in [2.45, 2.75) is 51.4 Å². The van der Waals surface area contributed by atoms with Crippen LogP contribution in [0.4, 0.5) is 18.0 Å². The van der Waals surface area contributed by atoms with Crippen molar-refractivity contribution in [1.29, 1.82) is 0 Å². The van der Waals surface area contributed by atoms with Gasteiger partial charge in [-0.05, 0) is 33.6 Å². The third-order valence-corrected chi connectivity index (χ3v) is 3.08. The van der Waals surface area contributed by atoms with Crippen LogP contribution in [0.5, 0.6) is 0 Å². The number of hydrogen-bond acceptors (Lipinski definition) is 3. The third-order valence-electron chi connectivity index (χ3n) is 3.08. The minimum absolute atomic E-state index is 0.155. The zero-order valence-electron chi connectivity index (χ0n) is 12.7. The molecule has 1 aliphatic heterocycles.